The number of carbonyl (C=O) groups is 2. The van der Waals surface area contributed by atoms with Crippen molar-refractivity contribution in [1.29, 1.82) is 0 Å². The summed E-state index contributed by atoms with van der Waals surface area (Å²) < 4.78 is 0.628. The molecule has 7 heteroatoms. The van der Waals surface area contributed by atoms with Gasteiger partial charge in [0, 0.05) is 44.6 Å². The van der Waals surface area contributed by atoms with E-state index in [1.807, 2.05) is 9.80 Å². The Kier molecular flexibility index (Phi) is 5.47. The lowest BCUT2D eigenvalue weighted by atomic mass is 9.73. The van der Waals surface area contributed by atoms with Gasteiger partial charge in [-0.15, -0.1) is 11.3 Å². The van der Waals surface area contributed by atoms with E-state index >= 15 is 0 Å². The topological polar surface area (TPSA) is 60.9 Å². The predicted molar refractivity (Wildman–Crippen MR) is 94.4 cm³/mol. The van der Waals surface area contributed by atoms with E-state index in [9.17, 15) is 9.59 Å². The summed E-state index contributed by atoms with van der Waals surface area (Å²) in [6.45, 7) is 2.86. The number of aliphatic hydroxyl groups excluding tert-OH is 1. The lowest BCUT2D eigenvalue weighted by Gasteiger charge is -2.48. The summed E-state index contributed by atoms with van der Waals surface area (Å²) in [4.78, 5) is 29.3. The van der Waals surface area contributed by atoms with Crippen LogP contribution in [0.4, 0.5) is 0 Å². The molecule has 2 saturated heterocycles. The monoisotopic (exact) mass is 370 g/mol. The largest absolute Gasteiger partial charge is 0.396 e. The third-order valence-electron chi connectivity index (χ3n) is 5.07. The molecule has 132 valence electrons. The van der Waals surface area contributed by atoms with Crippen molar-refractivity contribution >= 4 is 34.8 Å². The van der Waals surface area contributed by atoms with Crippen LogP contribution in [0.1, 0.15) is 41.8 Å². The van der Waals surface area contributed by atoms with E-state index in [1.54, 1.807) is 12.1 Å². The van der Waals surface area contributed by atoms with Crippen LogP contribution in [0.25, 0.3) is 0 Å². The van der Waals surface area contributed by atoms with Crippen molar-refractivity contribution in [3.05, 3.63) is 21.3 Å². The second kappa shape index (κ2) is 7.42. The van der Waals surface area contributed by atoms with Gasteiger partial charge in [0.05, 0.1) is 9.21 Å². The summed E-state index contributed by atoms with van der Waals surface area (Å²) in [5.41, 5.74) is -0.00166. The summed E-state index contributed by atoms with van der Waals surface area (Å²) in [6.07, 6.45) is 4.00. The number of amides is 2. The Morgan fingerprint density at radius 3 is 2.88 bits per heavy atom. The van der Waals surface area contributed by atoms with Crippen molar-refractivity contribution in [3.8, 4) is 0 Å². The van der Waals surface area contributed by atoms with Gasteiger partial charge in [-0.3, -0.25) is 9.59 Å². The van der Waals surface area contributed by atoms with E-state index < -0.39 is 0 Å². The van der Waals surface area contributed by atoms with Gasteiger partial charge in [-0.05, 0) is 37.8 Å². The predicted octanol–water partition coefficient (Wildman–Crippen LogP) is 2.63. The van der Waals surface area contributed by atoms with Crippen molar-refractivity contribution in [2.24, 2.45) is 5.41 Å². The molecule has 2 aliphatic heterocycles. The first kappa shape index (κ1) is 17.7. The van der Waals surface area contributed by atoms with E-state index in [4.69, 9.17) is 16.7 Å². The highest BCUT2D eigenvalue weighted by molar-refractivity contribution is 7.17. The minimum atomic E-state index is -0.00166. The van der Waals surface area contributed by atoms with Crippen LogP contribution in [0.15, 0.2) is 12.1 Å². The number of aliphatic hydroxyl groups is 1. The molecule has 24 heavy (non-hydrogen) atoms. The molecular weight excluding hydrogens is 348 g/mol. The first-order valence-corrected chi connectivity index (χ1v) is 9.66. The number of carbonyl (C=O) groups excluding carboxylic acids is 2. The fourth-order valence-corrected chi connectivity index (χ4v) is 4.88. The van der Waals surface area contributed by atoms with Crippen LogP contribution < -0.4 is 0 Å². The molecule has 0 aromatic carbocycles. The van der Waals surface area contributed by atoms with E-state index in [1.165, 1.54) is 11.3 Å². The molecule has 2 amide bonds. The minimum Gasteiger partial charge on any atom is -0.396 e. The Morgan fingerprint density at radius 1 is 1.33 bits per heavy atom. The Balaban J connectivity index is 1.69. The molecule has 0 bridgehead atoms. The maximum Gasteiger partial charge on any atom is 0.263 e. The zero-order valence-electron chi connectivity index (χ0n) is 13.7. The highest BCUT2D eigenvalue weighted by Gasteiger charge is 2.42. The average Bonchev–Trinajstić information content (AvgIpc) is 3.02. The molecule has 1 N–H and O–H groups in total. The summed E-state index contributed by atoms with van der Waals surface area (Å²) in [6, 6.07) is 3.55. The number of halogens is 1. The fourth-order valence-electron chi connectivity index (χ4n) is 3.87. The van der Waals surface area contributed by atoms with Crippen LogP contribution in [-0.2, 0) is 4.79 Å². The molecule has 2 aliphatic rings. The number of thiophene rings is 1. The van der Waals surface area contributed by atoms with Crippen LogP contribution in [0.2, 0.25) is 4.34 Å². The Bertz CT molecular complexity index is 621. The van der Waals surface area contributed by atoms with Crippen LogP contribution in [-0.4, -0.2) is 59.5 Å². The number of piperidine rings is 2. The van der Waals surface area contributed by atoms with Crippen molar-refractivity contribution in [1.82, 2.24) is 9.80 Å². The molecule has 1 atom stereocenters. The third kappa shape index (κ3) is 3.76. The molecule has 1 aromatic heterocycles. The second-order valence-corrected chi connectivity index (χ2v) is 8.54. The van der Waals surface area contributed by atoms with E-state index in [-0.39, 0.29) is 23.8 Å². The number of rotatable bonds is 4. The van der Waals surface area contributed by atoms with Crippen LogP contribution >= 0.6 is 22.9 Å². The van der Waals surface area contributed by atoms with Gasteiger partial charge in [-0.25, -0.2) is 0 Å². The maximum atomic E-state index is 12.7. The lowest BCUT2D eigenvalue weighted by molar-refractivity contribution is -0.139. The Hall–Kier alpha value is -1.11. The molecule has 1 spiro atoms. The van der Waals surface area contributed by atoms with E-state index in [2.05, 4.69) is 0 Å². The van der Waals surface area contributed by atoms with Crippen LogP contribution in [0, 0.1) is 5.41 Å². The van der Waals surface area contributed by atoms with Gasteiger partial charge in [0.2, 0.25) is 5.91 Å². The summed E-state index contributed by atoms with van der Waals surface area (Å²) in [5, 5.41) is 9.03. The van der Waals surface area contributed by atoms with Gasteiger partial charge in [0.25, 0.3) is 5.91 Å². The molecule has 3 heterocycles. The lowest BCUT2D eigenvalue weighted by Crippen LogP contribution is -2.55. The first-order chi connectivity index (χ1) is 11.5. The van der Waals surface area contributed by atoms with Crippen molar-refractivity contribution in [2.45, 2.75) is 32.1 Å². The second-order valence-electron chi connectivity index (χ2n) is 6.83. The normalized spacial score (nSPS) is 24.7. The van der Waals surface area contributed by atoms with Gasteiger partial charge >= 0.3 is 0 Å². The van der Waals surface area contributed by atoms with Gasteiger partial charge in [-0.1, -0.05) is 11.6 Å². The summed E-state index contributed by atoms with van der Waals surface area (Å²) in [5.74, 6) is 0.215. The number of likely N-dealkylation sites (tertiary alicyclic amines) is 2. The van der Waals surface area contributed by atoms with Crippen LogP contribution in [0.5, 0.6) is 0 Å². The number of hydrogen-bond donors (Lipinski definition) is 1. The summed E-state index contributed by atoms with van der Waals surface area (Å²) in [7, 11) is 0. The van der Waals surface area contributed by atoms with Gasteiger partial charge in [-0.2, -0.15) is 0 Å². The SMILES string of the molecule is O=C1CCC2(CCCN(C(=O)c3ccc(Cl)s3)C2)CN1CCCO. The highest BCUT2D eigenvalue weighted by Crippen LogP contribution is 2.39. The molecule has 2 fully saturated rings. The maximum absolute atomic E-state index is 12.7. The molecular formula is C17H23ClN2O3S. The molecule has 0 aliphatic carbocycles. The van der Waals surface area contributed by atoms with Gasteiger partial charge in [0.1, 0.15) is 0 Å². The Labute approximate surface area is 151 Å². The average molecular weight is 371 g/mol. The quantitative estimate of drug-likeness (QED) is 0.886. The number of hydrogen-bond acceptors (Lipinski definition) is 4. The van der Waals surface area contributed by atoms with E-state index in [0.717, 1.165) is 25.8 Å². The van der Waals surface area contributed by atoms with Crippen molar-refractivity contribution in [2.75, 3.05) is 32.8 Å². The highest BCUT2D eigenvalue weighted by atomic mass is 35.5. The van der Waals surface area contributed by atoms with Gasteiger partial charge in [0.15, 0.2) is 0 Å². The smallest absolute Gasteiger partial charge is 0.263 e. The Morgan fingerprint density at radius 2 is 2.17 bits per heavy atom. The standard InChI is InChI=1S/C17H23ClN2O3S/c18-14-4-3-13(24-14)16(23)20-8-1-6-17(12-20)7-5-15(22)19(11-17)9-2-10-21/h3-4,21H,1-2,5-12H2. The van der Waals surface area contributed by atoms with Gasteiger partial charge < -0.3 is 14.9 Å². The molecule has 0 radical (unpaired) electrons. The van der Waals surface area contributed by atoms with E-state index in [0.29, 0.717) is 41.7 Å². The molecule has 3 rings (SSSR count). The third-order valence-corrected chi connectivity index (χ3v) is 6.29. The zero-order chi connectivity index (χ0) is 17.2. The van der Waals surface area contributed by atoms with Crippen LogP contribution in [0.3, 0.4) is 0 Å². The molecule has 1 unspecified atom stereocenters. The van der Waals surface area contributed by atoms with Crippen molar-refractivity contribution in [3.63, 3.8) is 0 Å². The molecule has 5 nitrogen and oxygen atoms in total. The molecule has 0 saturated carbocycles. The molecule has 1 aromatic rings. The minimum absolute atomic E-state index is 0.00166. The summed E-state index contributed by atoms with van der Waals surface area (Å²) >= 11 is 7.27. The first-order valence-electron chi connectivity index (χ1n) is 8.46. The van der Waals surface area contributed by atoms with Crippen molar-refractivity contribution < 1.29 is 14.7 Å². The fraction of sp³-hybridized carbons (Fsp3) is 0.647. The number of nitrogens with zero attached hydrogens (tertiary/aromatic N) is 2. The zero-order valence-corrected chi connectivity index (χ0v) is 15.2.